The van der Waals surface area contributed by atoms with E-state index in [0.29, 0.717) is 11.2 Å². The summed E-state index contributed by atoms with van der Waals surface area (Å²) in [5, 5.41) is 5.46. The highest BCUT2D eigenvalue weighted by Crippen LogP contribution is 2.18. The normalized spacial score (nSPS) is 10.3. The molecule has 6 heteroatoms. The Hall–Kier alpha value is -2.89. The number of carbonyl (C=O) groups excluding carboxylic acids is 1. The molecule has 0 atom stereocenters. The lowest BCUT2D eigenvalue weighted by molar-refractivity contribution is 0.262. The zero-order chi connectivity index (χ0) is 13.1. The molecule has 6 nitrogen and oxygen atoms in total. The molecular formula is C13H11N5O. The third-order valence-corrected chi connectivity index (χ3v) is 2.61. The Morgan fingerprint density at radius 3 is 2.79 bits per heavy atom. The average molecular weight is 253 g/mol. The molecule has 0 unspecified atom stereocenters. The van der Waals surface area contributed by atoms with Gasteiger partial charge in [-0.15, -0.1) is 0 Å². The predicted molar refractivity (Wildman–Crippen MR) is 73.0 cm³/mol. The number of rotatable bonds is 2. The van der Waals surface area contributed by atoms with Crippen LogP contribution in [0.4, 0.5) is 16.2 Å². The first kappa shape index (κ1) is 11.2. The maximum Gasteiger partial charge on any atom is 0.323 e. The predicted octanol–water partition coefficient (Wildman–Crippen LogP) is 2.60. The topological polar surface area (TPSA) is 82.7 Å². The van der Waals surface area contributed by atoms with Gasteiger partial charge in [-0.3, -0.25) is 4.98 Å². The third kappa shape index (κ3) is 2.37. The standard InChI is InChI=1S/C13H11N5O/c19-13(17-9-4-2-1-3-5-9)18-11-7-14-6-10-12(11)16-8-15-10/h1-8H,(H,15,16)(H2,17,18,19). The number of nitrogens with zero attached hydrogens (tertiary/aromatic N) is 2. The molecule has 2 amide bonds. The quantitative estimate of drug-likeness (QED) is 0.656. The summed E-state index contributed by atoms with van der Waals surface area (Å²) in [5.41, 5.74) is 2.74. The van der Waals surface area contributed by atoms with Crippen molar-refractivity contribution in [3.8, 4) is 0 Å². The van der Waals surface area contributed by atoms with Crippen molar-refractivity contribution in [3.05, 3.63) is 49.1 Å². The van der Waals surface area contributed by atoms with E-state index in [9.17, 15) is 4.79 Å². The number of para-hydroxylation sites is 1. The molecule has 3 aromatic rings. The van der Waals surface area contributed by atoms with Crippen LogP contribution in [0.15, 0.2) is 49.1 Å². The second kappa shape index (κ2) is 4.77. The second-order valence-electron chi connectivity index (χ2n) is 3.93. The molecule has 0 spiro atoms. The lowest BCUT2D eigenvalue weighted by Gasteiger charge is -2.07. The van der Waals surface area contributed by atoms with E-state index < -0.39 is 0 Å². The van der Waals surface area contributed by atoms with E-state index in [1.54, 1.807) is 18.7 Å². The van der Waals surface area contributed by atoms with Crippen LogP contribution in [-0.2, 0) is 0 Å². The summed E-state index contributed by atoms with van der Waals surface area (Å²) in [7, 11) is 0. The van der Waals surface area contributed by atoms with Gasteiger partial charge < -0.3 is 15.6 Å². The number of urea groups is 1. The Morgan fingerprint density at radius 1 is 1.11 bits per heavy atom. The monoisotopic (exact) mass is 253 g/mol. The van der Waals surface area contributed by atoms with Crippen LogP contribution >= 0.6 is 0 Å². The Balaban J connectivity index is 1.78. The summed E-state index contributed by atoms with van der Waals surface area (Å²) in [5.74, 6) is 0. The fraction of sp³-hybridized carbons (Fsp3) is 0. The van der Waals surface area contributed by atoms with E-state index in [2.05, 4.69) is 25.6 Å². The zero-order valence-electron chi connectivity index (χ0n) is 9.92. The largest absolute Gasteiger partial charge is 0.343 e. The van der Waals surface area contributed by atoms with Crippen molar-refractivity contribution in [1.29, 1.82) is 0 Å². The first-order valence-electron chi connectivity index (χ1n) is 5.73. The zero-order valence-corrected chi connectivity index (χ0v) is 9.92. The van der Waals surface area contributed by atoms with Crippen LogP contribution < -0.4 is 10.6 Å². The summed E-state index contributed by atoms with van der Waals surface area (Å²) < 4.78 is 0. The highest BCUT2D eigenvalue weighted by Gasteiger charge is 2.07. The molecule has 0 saturated carbocycles. The van der Waals surface area contributed by atoms with Gasteiger partial charge in [0.2, 0.25) is 0 Å². The van der Waals surface area contributed by atoms with Crippen molar-refractivity contribution in [2.24, 2.45) is 0 Å². The third-order valence-electron chi connectivity index (χ3n) is 2.61. The van der Waals surface area contributed by atoms with Crippen LogP contribution in [0.25, 0.3) is 11.0 Å². The van der Waals surface area contributed by atoms with Crippen molar-refractivity contribution in [3.63, 3.8) is 0 Å². The number of pyridine rings is 1. The number of carbonyl (C=O) groups is 1. The number of hydrogen-bond acceptors (Lipinski definition) is 3. The number of H-pyrrole nitrogens is 1. The maximum atomic E-state index is 11.9. The lowest BCUT2D eigenvalue weighted by Crippen LogP contribution is -2.19. The van der Waals surface area contributed by atoms with Gasteiger partial charge in [0.1, 0.15) is 5.52 Å². The minimum atomic E-state index is -0.330. The molecule has 19 heavy (non-hydrogen) atoms. The van der Waals surface area contributed by atoms with Gasteiger partial charge in [0.05, 0.1) is 29.9 Å². The molecule has 0 aliphatic heterocycles. The van der Waals surface area contributed by atoms with Crippen molar-refractivity contribution >= 4 is 28.4 Å². The number of imidazole rings is 1. The molecular weight excluding hydrogens is 242 g/mol. The van der Waals surface area contributed by atoms with Gasteiger partial charge >= 0.3 is 6.03 Å². The van der Waals surface area contributed by atoms with Crippen LogP contribution in [0.3, 0.4) is 0 Å². The number of amides is 2. The average Bonchev–Trinajstić information content (AvgIpc) is 2.89. The fourth-order valence-corrected chi connectivity index (χ4v) is 1.76. The van der Waals surface area contributed by atoms with Gasteiger partial charge in [0.25, 0.3) is 0 Å². The molecule has 0 saturated heterocycles. The van der Waals surface area contributed by atoms with Crippen LogP contribution in [0.2, 0.25) is 0 Å². The molecule has 1 aromatic carbocycles. The van der Waals surface area contributed by atoms with E-state index in [1.165, 1.54) is 0 Å². The second-order valence-corrected chi connectivity index (χ2v) is 3.93. The number of aromatic nitrogens is 3. The molecule has 94 valence electrons. The Labute approximate surface area is 108 Å². The van der Waals surface area contributed by atoms with Crippen LogP contribution in [-0.4, -0.2) is 21.0 Å². The first-order valence-corrected chi connectivity index (χ1v) is 5.73. The van der Waals surface area contributed by atoms with Crippen LogP contribution in [0.1, 0.15) is 0 Å². The van der Waals surface area contributed by atoms with E-state index in [-0.39, 0.29) is 6.03 Å². The molecule has 0 bridgehead atoms. The van der Waals surface area contributed by atoms with Crippen molar-refractivity contribution in [2.75, 3.05) is 10.6 Å². The number of benzene rings is 1. The minimum Gasteiger partial charge on any atom is -0.343 e. The van der Waals surface area contributed by atoms with Gasteiger partial charge in [0, 0.05) is 5.69 Å². The summed E-state index contributed by atoms with van der Waals surface area (Å²) in [6.45, 7) is 0. The van der Waals surface area contributed by atoms with Gasteiger partial charge in [-0.2, -0.15) is 0 Å². The molecule has 3 rings (SSSR count). The number of nitrogens with one attached hydrogen (secondary N) is 3. The van der Waals surface area contributed by atoms with Crippen molar-refractivity contribution < 1.29 is 4.79 Å². The maximum absolute atomic E-state index is 11.9. The van der Waals surface area contributed by atoms with Gasteiger partial charge in [0.15, 0.2) is 0 Å². The van der Waals surface area contributed by atoms with E-state index >= 15 is 0 Å². The van der Waals surface area contributed by atoms with E-state index in [4.69, 9.17) is 0 Å². The van der Waals surface area contributed by atoms with E-state index in [0.717, 1.165) is 11.2 Å². The molecule has 2 heterocycles. The number of hydrogen-bond donors (Lipinski definition) is 3. The number of aromatic amines is 1. The highest BCUT2D eigenvalue weighted by molar-refractivity contribution is 6.04. The lowest BCUT2D eigenvalue weighted by atomic mass is 10.3. The van der Waals surface area contributed by atoms with E-state index in [1.807, 2.05) is 30.3 Å². The summed E-state index contributed by atoms with van der Waals surface area (Å²) in [6.07, 6.45) is 4.78. The Morgan fingerprint density at radius 2 is 1.95 bits per heavy atom. The Kier molecular flexibility index (Phi) is 2.82. The molecule has 0 fully saturated rings. The molecule has 0 aliphatic carbocycles. The molecule has 0 radical (unpaired) electrons. The van der Waals surface area contributed by atoms with Gasteiger partial charge in [-0.1, -0.05) is 18.2 Å². The molecule has 3 N–H and O–H groups in total. The fourth-order valence-electron chi connectivity index (χ4n) is 1.76. The van der Waals surface area contributed by atoms with Gasteiger partial charge in [-0.25, -0.2) is 9.78 Å². The summed E-state index contributed by atoms with van der Waals surface area (Å²) >= 11 is 0. The molecule has 2 aromatic heterocycles. The van der Waals surface area contributed by atoms with Crippen molar-refractivity contribution in [1.82, 2.24) is 15.0 Å². The Bertz CT molecular complexity index is 707. The first-order chi connectivity index (χ1) is 9.33. The SMILES string of the molecule is O=C(Nc1ccccc1)Nc1cncc2[nH]cnc12. The molecule has 0 aliphatic rings. The van der Waals surface area contributed by atoms with Crippen LogP contribution in [0, 0.1) is 0 Å². The van der Waals surface area contributed by atoms with Gasteiger partial charge in [-0.05, 0) is 12.1 Å². The number of fused-ring (bicyclic) bond motifs is 1. The van der Waals surface area contributed by atoms with Crippen molar-refractivity contribution in [2.45, 2.75) is 0 Å². The minimum absolute atomic E-state index is 0.330. The summed E-state index contributed by atoms with van der Waals surface area (Å²) in [4.78, 5) is 23.0. The number of anilines is 2. The van der Waals surface area contributed by atoms with Crippen LogP contribution in [0.5, 0.6) is 0 Å². The smallest absolute Gasteiger partial charge is 0.323 e. The summed E-state index contributed by atoms with van der Waals surface area (Å²) in [6, 6.07) is 8.89. The highest BCUT2D eigenvalue weighted by atomic mass is 16.2.